The summed E-state index contributed by atoms with van der Waals surface area (Å²) in [6.45, 7) is 3.67. The number of aryl methyl sites for hydroxylation is 1. The molecule has 0 radical (unpaired) electrons. The first-order valence-electron chi connectivity index (χ1n) is 12.9. The fraction of sp³-hybridized carbons (Fsp3) is 0.357. The van der Waals surface area contributed by atoms with Gasteiger partial charge >= 0.3 is 0 Å². The molecule has 0 aliphatic carbocycles. The van der Waals surface area contributed by atoms with Crippen LogP contribution in [-0.2, 0) is 27.8 Å². The van der Waals surface area contributed by atoms with Crippen LogP contribution >= 0.6 is 0 Å². The zero-order chi connectivity index (χ0) is 28.3. The predicted octanol–water partition coefficient (Wildman–Crippen LogP) is 2.96. The normalized spacial score (nSPS) is 18.6. The third-order valence-corrected chi connectivity index (χ3v) is 8.51. The number of aromatic nitrogens is 2. The zero-order valence-electron chi connectivity index (χ0n) is 22.3. The molecule has 12 heteroatoms. The molecule has 2 aliphatic rings. The lowest BCUT2D eigenvalue weighted by Gasteiger charge is -2.26. The first-order valence-corrected chi connectivity index (χ1v) is 14.7. The lowest BCUT2D eigenvalue weighted by Crippen LogP contribution is -2.39. The summed E-state index contributed by atoms with van der Waals surface area (Å²) in [4.78, 5) is 29.4. The van der Waals surface area contributed by atoms with Crippen LogP contribution in [0.5, 0.6) is 5.75 Å². The number of carbonyl (C=O) groups is 1. The lowest BCUT2D eigenvalue weighted by molar-refractivity contribution is 0.0857. The van der Waals surface area contributed by atoms with Crippen LogP contribution in [0.3, 0.4) is 0 Å². The van der Waals surface area contributed by atoms with Crippen molar-refractivity contribution in [1.82, 2.24) is 20.2 Å². The summed E-state index contributed by atoms with van der Waals surface area (Å²) in [5, 5.41) is 7.03. The minimum absolute atomic E-state index is 0.106. The molecule has 1 fully saturated rings. The largest absolute Gasteiger partial charge is 0.494 e. The van der Waals surface area contributed by atoms with E-state index in [0.29, 0.717) is 48.8 Å². The van der Waals surface area contributed by atoms with Gasteiger partial charge in [0.15, 0.2) is 27.5 Å². The molecule has 1 aromatic heterocycles. The van der Waals surface area contributed by atoms with Crippen molar-refractivity contribution in [1.29, 1.82) is 0 Å². The third kappa shape index (κ3) is 6.62. The Balaban J connectivity index is 1.19. The highest BCUT2D eigenvalue weighted by molar-refractivity contribution is 7.91. The van der Waals surface area contributed by atoms with Gasteiger partial charge in [-0.15, -0.1) is 0 Å². The minimum atomic E-state index is -2.90. The van der Waals surface area contributed by atoms with Gasteiger partial charge in [0.05, 0.1) is 24.3 Å². The number of sulfone groups is 1. The number of halogens is 1. The molecule has 0 bridgehead atoms. The van der Waals surface area contributed by atoms with Crippen molar-refractivity contribution in [2.24, 2.45) is 5.16 Å². The minimum Gasteiger partial charge on any atom is -0.494 e. The SMILES string of the molecule is COc1cc(CNC(=O)c2cc(C3=NOC(c4ccc(CN5CCS(=O)(=O)CC5)cc4)C3)nc(C)n2)ccc1F. The van der Waals surface area contributed by atoms with E-state index in [4.69, 9.17) is 9.57 Å². The molecule has 3 heterocycles. The smallest absolute Gasteiger partial charge is 0.270 e. The van der Waals surface area contributed by atoms with Crippen molar-refractivity contribution in [3.63, 3.8) is 0 Å². The van der Waals surface area contributed by atoms with Gasteiger partial charge in [-0.1, -0.05) is 35.5 Å². The van der Waals surface area contributed by atoms with Crippen LogP contribution in [0.15, 0.2) is 53.7 Å². The molecule has 10 nitrogen and oxygen atoms in total. The molecule has 40 heavy (non-hydrogen) atoms. The molecule has 0 saturated carbocycles. The highest BCUT2D eigenvalue weighted by Crippen LogP contribution is 2.29. The van der Waals surface area contributed by atoms with Gasteiger partial charge in [0.1, 0.15) is 17.2 Å². The Hall–Kier alpha value is -3.90. The second-order valence-electron chi connectivity index (χ2n) is 9.84. The number of carbonyl (C=O) groups excluding carboxylic acids is 1. The maximum absolute atomic E-state index is 13.7. The summed E-state index contributed by atoms with van der Waals surface area (Å²) in [6.07, 6.45) is 0.195. The Morgan fingerprint density at radius 1 is 1.10 bits per heavy atom. The number of hydrogen-bond acceptors (Lipinski definition) is 9. The van der Waals surface area contributed by atoms with Gasteiger partial charge in [-0.2, -0.15) is 0 Å². The van der Waals surface area contributed by atoms with Crippen molar-refractivity contribution < 1.29 is 27.2 Å². The molecule has 1 saturated heterocycles. The molecular weight excluding hydrogens is 537 g/mol. The number of methoxy groups -OCH3 is 1. The van der Waals surface area contributed by atoms with Crippen molar-refractivity contribution in [2.75, 3.05) is 31.7 Å². The first kappa shape index (κ1) is 27.7. The lowest BCUT2D eigenvalue weighted by atomic mass is 10.0. The molecule has 2 aliphatic heterocycles. The van der Waals surface area contributed by atoms with Crippen molar-refractivity contribution in [3.8, 4) is 5.75 Å². The van der Waals surface area contributed by atoms with E-state index in [-0.39, 0.29) is 35.6 Å². The van der Waals surface area contributed by atoms with Crippen LogP contribution in [0.4, 0.5) is 4.39 Å². The maximum atomic E-state index is 13.7. The van der Waals surface area contributed by atoms with E-state index in [2.05, 4.69) is 25.3 Å². The van der Waals surface area contributed by atoms with Crippen molar-refractivity contribution in [3.05, 3.63) is 88.3 Å². The monoisotopic (exact) mass is 567 g/mol. The zero-order valence-corrected chi connectivity index (χ0v) is 23.1. The number of nitrogens with one attached hydrogen (secondary N) is 1. The highest BCUT2D eigenvalue weighted by atomic mass is 32.2. The van der Waals surface area contributed by atoms with Crippen LogP contribution in [0.2, 0.25) is 0 Å². The number of benzene rings is 2. The van der Waals surface area contributed by atoms with Gasteiger partial charge in [0.2, 0.25) is 0 Å². The predicted molar refractivity (Wildman–Crippen MR) is 146 cm³/mol. The van der Waals surface area contributed by atoms with Gasteiger partial charge in [0.25, 0.3) is 5.91 Å². The second-order valence-corrected chi connectivity index (χ2v) is 12.1. The van der Waals surface area contributed by atoms with Gasteiger partial charge in [-0.3, -0.25) is 9.69 Å². The van der Waals surface area contributed by atoms with E-state index in [1.54, 1.807) is 19.1 Å². The summed E-state index contributed by atoms with van der Waals surface area (Å²) in [5.74, 6) is 0.0713. The summed E-state index contributed by atoms with van der Waals surface area (Å²) in [7, 11) is -1.52. The van der Waals surface area contributed by atoms with E-state index in [0.717, 1.165) is 11.1 Å². The van der Waals surface area contributed by atoms with Gasteiger partial charge < -0.3 is 14.9 Å². The van der Waals surface area contributed by atoms with Gasteiger partial charge in [0, 0.05) is 32.6 Å². The number of rotatable bonds is 8. The maximum Gasteiger partial charge on any atom is 0.270 e. The Bertz CT molecular complexity index is 1530. The highest BCUT2D eigenvalue weighted by Gasteiger charge is 2.26. The van der Waals surface area contributed by atoms with Crippen LogP contribution in [0.25, 0.3) is 0 Å². The average molecular weight is 568 g/mol. The van der Waals surface area contributed by atoms with E-state index in [1.165, 1.54) is 19.2 Å². The molecule has 1 atom stereocenters. The molecule has 210 valence electrons. The van der Waals surface area contributed by atoms with E-state index in [9.17, 15) is 17.6 Å². The molecule has 1 amide bonds. The average Bonchev–Trinajstić information content (AvgIpc) is 3.44. The fourth-order valence-corrected chi connectivity index (χ4v) is 5.91. The third-order valence-electron chi connectivity index (χ3n) is 6.90. The summed E-state index contributed by atoms with van der Waals surface area (Å²) >= 11 is 0. The standard InChI is InChI=1S/C28H30FN5O5S/c1-18-31-23(14-25(32-18)28(35)30-16-20-5-8-22(29)27(13-20)38-2)24-15-26(39-33-24)21-6-3-19(4-7-21)17-34-9-11-40(36,37)12-10-34/h3-8,13-14,26H,9-12,15-17H2,1-2H3,(H,30,35). The number of hydrogen-bond donors (Lipinski definition) is 1. The van der Waals surface area contributed by atoms with E-state index >= 15 is 0 Å². The summed E-state index contributed by atoms with van der Waals surface area (Å²) in [6, 6.07) is 14.0. The molecule has 0 spiro atoms. The Labute approximate surface area is 232 Å². The first-order chi connectivity index (χ1) is 19.2. The fourth-order valence-electron chi connectivity index (χ4n) is 4.63. The second kappa shape index (κ2) is 11.7. The van der Waals surface area contributed by atoms with Crippen molar-refractivity contribution >= 4 is 21.5 Å². The molecule has 2 aromatic carbocycles. The van der Waals surface area contributed by atoms with Crippen LogP contribution < -0.4 is 10.1 Å². The molecule has 1 N–H and O–H groups in total. The van der Waals surface area contributed by atoms with Crippen molar-refractivity contribution in [2.45, 2.75) is 32.5 Å². The topological polar surface area (TPSA) is 123 Å². The Kier molecular flexibility index (Phi) is 8.08. The van der Waals surface area contributed by atoms with Crippen LogP contribution in [-0.4, -0.2) is 66.6 Å². The molecular formula is C28H30FN5O5S. The molecule has 5 rings (SSSR count). The number of amides is 1. The number of nitrogens with zero attached hydrogens (tertiary/aromatic N) is 4. The van der Waals surface area contributed by atoms with Gasteiger partial charge in [-0.05, 0) is 41.8 Å². The Morgan fingerprint density at radius 3 is 2.55 bits per heavy atom. The number of ether oxygens (including phenoxy) is 1. The van der Waals surface area contributed by atoms with Crippen LogP contribution in [0.1, 0.15) is 51.2 Å². The van der Waals surface area contributed by atoms with E-state index in [1.807, 2.05) is 24.3 Å². The Morgan fingerprint density at radius 2 is 1.82 bits per heavy atom. The molecule has 1 unspecified atom stereocenters. The summed E-state index contributed by atoms with van der Waals surface area (Å²) < 4.78 is 42.0. The molecule has 3 aromatic rings. The van der Waals surface area contributed by atoms with E-state index < -0.39 is 21.6 Å². The number of oxime groups is 1. The van der Waals surface area contributed by atoms with Crippen LogP contribution in [0, 0.1) is 12.7 Å². The quantitative estimate of drug-likeness (QED) is 0.441. The summed E-state index contributed by atoms with van der Waals surface area (Å²) in [5.41, 5.74) is 4.07. The van der Waals surface area contributed by atoms with Gasteiger partial charge in [-0.25, -0.2) is 22.8 Å².